The second-order valence-electron chi connectivity index (χ2n) is 3.95. The van der Waals surface area contributed by atoms with Crippen molar-refractivity contribution in [3.8, 4) is 0 Å². The molecule has 0 amide bonds. The zero-order valence-electron chi connectivity index (χ0n) is 10.3. The number of pyridine rings is 1. The van der Waals surface area contributed by atoms with E-state index < -0.39 is 5.97 Å². The van der Waals surface area contributed by atoms with E-state index in [1.165, 1.54) is 4.88 Å². The average Bonchev–Trinajstić information content (AvgIpc) is 2.91. The topological polar surface area (TPSA) is 62.2 Å². The highest BCUT2D eigenvalue weighted by Gasteiger charge is 2.14. The number of carbonyl (C=O) groups is 1. The molecular weight excluding hydrogens is 284 g/mol. The Balaban J connectivity index is 2.23. The van der Waals surface area contributed by atoms with Crippen LogP contribution in [0.3, 0.4) is 0 Å². The first-order valence-corrected chi connectivity index (χ1v) is 7.07. The third-order valence-corrected chi connectivity index (χ3v) is 3.96. The number of rotatable bonds is 5. The lowest BCUT2D eigenvalue weighted by Gasteiger charge is -2.16. The number of carboxylic acids is 1. The number of aromatic carboxylic acids is 1. The van der Waals surface area contributed by atoms with Gasteiger partial charge in [0.1, 0.15) is 5.82 Å². The fourth-order valence-electron chi connectivity index (χ4n) is 1.71. The van der Waals surface area contributed by atoms with Crippen LogP contribution in [0, 0.1) is 0 Å². The third-order valence-electron chi connectivity index (χ3n) is 2.67. The first-order valence-electron chi connectivity index (χ1n) is 5.81. The maximum Gasteiger partial charge on any atom is 0.356 e. The summed E-state index contributed by atoms with van der Waals surface area (Å²) < 4.78 is 0. The van der Waals surface area contributed by atoms with Crippen LogP contribution in [0.2, 0.25) is 5.02 Å². The minimum Gasteiger partial charge on any atom is -0.476 e. The molecule has 0 aliphatic carbocycles. The summed E-state index contributed by atoms with van der Waals surface area (Å²) in [7, 11) is 0. The lowest BCUT2D eigenvalue weighted by atomic mass is 10.2. The molecule has 2 N–H and O–H groups in total. The lowest BCUT2D eigenvalue weighted by Crippen LogP contribution is -2.11. The molecule has 0 fully saturated rings. The fourth-order valence-corrected chi connectivity index (χ4v) is 2.76. The van der Waals surface area contributed by atoms with Gasteiger partial charge >= 0.3 is 5.97 Å². The van der Waals surface area contributed by atoms with Crippen LogP contribution in [-0.4, -0.2) is 16.1 Å². The number of halogens is 1. The molecule has 0 radical (unpaired) electrons. The Bertz CT molecular complexity index is 572. The van der Waals surface area contributed by atoms with Crippen LogP contribution in [-0.2, 0) is 0 Å². The van der Waals surface area contributed by atoms with E-state index in [-0.39, 0.29) is 16.8 Å². The number of thiophene rings is 1. The van der Waals surface area contributed by atoms with Crippen molar-refractivity contribution < 1.29 is 9.90 Å². The quantitative estimate of drug-likeness (QED) is 0.873. The fraction of sp³-hybridized carbons (Fsp3) is 0.231. The summed E-state index contributed by atoms with van der Waals surface area (Å²) >= 11 is 7.45. The number of anilines is 1. The summed E-state index contributed by atoms with van der Waals surface area (Å²) in [5.74, 6) is -0.611. The molecule has 0 saturated carbocycles. The van der Waals surface area contributed by atoms with Gasteiger partial charge in [0.15, 0.2) is 5.69 Å². The van der Waals surface area contributed by atoms with Crippen LogP contribution in [0.1, 0.15) is 34.8 Å². The summed E-state index contributed by atoms with van der Waals surface area (Å²) in [5.41, 5.74) is -0.132. The minimum atomic E-state index is -1.13. The van der Waals surface area contributed by atoms with Gasteiger partial charge in [-0.2, -0.15) is 0 Å². The summed E-state index contributed by atoms with van der Waals surface area (Å²) in [5, 5.41) is 14.4. The zero-order valence-corrected chi connectivity index (χ0v) is 11.8. The standard InChI is InChI=1S/C13H13ClN2O2S/c1-2-9(10-4-3-7-19-10)15-11-6-5-8(14)12(16-11)13(17)18/h3-7,9H,2H2,1H3,(H,15,16)(H,17,18). The predicted octanol–water partition coefficient (Wildman–Crippen LogP) is 4.06. The highest BCUT2D eigenvalue weighted by molar-refractivity contribution is 7.10. The molecular formula is C13H13ClN2O2S. The van der Waals surface area contributed by atoms with Crippen molar-refractivity contribution in [1.82, 2.24) is 4.98 Å². The monoisotopic (exact) mass is 296 g/mol. The first kappa shape index (κ1) is 13.8. The Morgan fingerprint density at radius 1 is 1.53 bits per heavy atom. The number of carboxylic acid groups (broad SMARTS) is 1. The van der Waals surface area contributed by atoms with E-state index in [1.807, 2.05) is 17.5 Å². The summed E-state index contributed by atoms with van der Waals surface area (Å²) in [4.78, 5) is 16.2. The molecule has 0 aliphatic heterocycles. The van der Waals surface area contributed by atoms with Gasteiger partial charge in [-0.15, -0.1) is 11.3 Å². The van der Waals surface area contributed by atoms with Crippen LogP contribution in [0.5, 0.6) is 0 Å². The van der Waals surface area contributed by atoms with Gasteiger partial charge in [0.25, 0.3) is 0 Å². The number of hydrogen-bond donors (Lipinski definition) is 2. The molecule has 2 heterocycles. The molecule has 2 rings (SSSR count). The van der Waals surface area contributed by atoms with Crippen molar-refractivity contribution in [3.05, 3.63) is 45.2 Å². The van der Waals surface area contributed by atoms with Crippen molar-refractivity contribution in [3.63, 3.8) is 0 Å². The van der Waals surface area contributed by atoms with Crippen LogP contribution < -0.4 is 5.32 Å². The highest BCUT2D eigenvalue weighted by Crippen LogP contribution is 2.26. The molecule has 0 saturated heterocycles. The molecule has 1 unspecified atom stereocenters. The van der Waals surface area contributed by atoms with Crippen LogP contribution in [0.25, 0.3) is 0 Å². The first-order chi connectivity index (χ1) is 9.11. The van der Waals surface area contributed by atoms with E-state index in [2.05, 4.69) is 17.2 Å². The van der Waals surface area contributed by atoms with Crippen LogP contribution in [0.4, 0.5) is 5.82 Å². The third kappa shape index (κ3) is 3.24. The Morgan fingerprint density at radius 3 is 2.89 bits per heavy atom. The molecule has 2 aromatic rings. The molecule has 0 aromatic carbocycles. The van der Waals surface area contributed by atoms with E-state index >= 15 is 0 Å². The normalized spacial score (nSPS) is 12.1. The molecule has 4 nitrogen and oxygen atoms in total. The zero-order chi connectivity index (χ0) is 13.8. The van der Waals surface area contributed by atoms with Gasteiger partial charge in [-0.1, -0.05) is 24.6 Å². The Morgan fingerprint density at radius 2 is 2.32 bits per heavy atom. The molecule has 6 heteroatoms. The Labute approximate surface area is 120 Å². The van der Waals surface area contributed by atoms with E-state index in [4.69, 9.17) is 16.7 Å². The van der Waals surface area contributed by atoms with Crippen molar-refractivity contribution in [2.45, 2.75) is 19.4 Å². The van der Waals surface area contributed by atoms with Gasteiger partial charge < -0.3 is 10.4 Å². The molecule has 0 spiro atoms. The van der Waals surface area contributed by atoms with Gasteiger partial charge in [-0.3, -0.25) is 0 Å². The Kier molecular flexibility index (Phi) is 4.39. The van der Waals surface area contributed by atoms with Gasteiger partial charge in [0.2, 0.25) is 0 Å². The second kappa shape index (κ2) is 6.04. The van der Waals surface area contributed by atoms with E-state index in [0.717, 1.165) is 6.42 Å². The highest BCUT2D eigenvalue weighted by atomic mass is 35.5. The van der Waals surface area contributed by atoms with Gasteiger partial charge in [-0.05, 0) is 30.0 Å². The molecule has 19 heavy (non-hydrogen) atoms. The molecule has 100 valence electrons. The number of hydrogen-bond acceptors (Lipinski definition) is 4. The van der Waals surface area contributed by atoms with Gasteiger partial charge in [0.05, 0.1) is 11.1 Å². The minimum absolute atomic E-state index is 0.121. The van der Waals surface area contributed by atoms with E-state index in [9.17, 15) is 4.79 Å². The van der Waals surface area contributed by atoms with Crippen molar-refractivity contribution in [1.29, 1.82) is 0 Å². The van der Waals surface area contributed by atoms with E-state index in [0.29, 0.717) is 5.82 Å². The largest absolute Gasteiger partial charge is 0.476 e. The van der Waals surface area contributed by atoms with Crippen molar-refractivity contribution >= 4 is 34.7 Å². The summed E-state index contributed by atoms with van der Waals surface area (Å²) in [6.07, 6.45) is 0.882. The number of nitrogens with zero attached hydrogens (tertiary/aromatic N) is 1. The molecule has 1 atom stereocenters. The predicted molar refractivity (Wildman–Crippen MR) is 77.2 cm³/mol. The smallest absolute Gasteiger partial charge is 0.356 e. The van der Waals surface area contributed by atoms with Gasteiger partial charge in [0, 0.05) is 4.88 Å². The number of aromatic nitrogens is 1. The molecule has 2 aromatic heterocycles. The van der Waals surface area contributed by atoms with Crippen molar-refractivity contribution in [2.24, 2.45) is 0 Å². The summed E-state index contributed by atoms with van der Waals surface area (Å²) in [6, 6.07) is 7.38. The van der Waals surface area contributed by atoms with Crippen LogP contribution >= 0.6 is 22.9 Å². The SMILES string of the molecule is CCC(Nc1ccc(Cl)c(C(=O)O)n1)c1cccs1. The lowest BCUT2D eigenvalue weighted by molar-refractivity contribution is 0.0691. The molecule has 0 aliphatic rings. The molecule has 0 bridgehead atoms. The number of nitrogens with one attached hydrogen (secondary N) is 1. The maximum atomic E-state index is 11.0. The van der Waals surface area contributed by atoms with E-state index in [1.54, 1.807) is 23.5 Å². The van der Waals surface area contributed by atoms with Gasteiger partial charge in [-0.25, -0.2) is 9.78 Å². The maximum absolute atomic E-state index is 11.0. The van der Waals surface area contributed by atoms with Crippen LogP contribution in [0.15, 0.2) is 29.6 Å². The Hall–Kier alpha value is -1.59. The second-order valence-corrected chi connectivity index (χ2v) is 5.34. The summed E-state index contributed by atoms with van der Waals surface area (Å²) in [6.45, 7) is 2.06. The average molecular weight is 297 g/mol. The van der Waals surface area contributed by atoms with Crippen molar-refractivity contribution in [2.75, 3.05) is 5.32 Å².